The molecule has 1 aromatic heterocycles. The lowest BCUT2D eigenvalue weighted by molar-refractivity contribution is -0.126. The summed E-state index contributed by atoms with van der Waals surface area (Å²) in [4.78, 5) is 14.3. The van der Waals surface area contributed by atoms with Crippen LogP contribution < -0.4 is 10.6 Å². The molecule has 21 heavy (non-hydrogen) atoms. The summed E-state index contributed by atoms with van der Waals surface area (Å²) in [6.07, 6.45) is 3.50. The van der Waals surface area contributed by atoms with Gasteiger partial charge in [-0.3, -0.25) is 9.69 Å². The average molecular weight is 316 g/mol. The molecule has 0 radical (unpaired) electrons. The molecular formula is C15H26ClN3O2. The minimum Gasteiger partial charge on any atom is -0.468 e. The van der Waals surface area contributed by atoms with Crippen molar-refractivity contribution in [2.45, 2.75) is 31.8 Å². The molecule has 0 saturated carbocycles. The van der Waals surface area contributed by atoms with Crippen molar-refractivity contribution in [2.24, 2.45) is 5.92 Å². The summed E-state index contributed by atoms with van der Waals surface area (Å²) in [5, 5.41) is 6.44. The van der Waals surface area contributed by atoms with Crippen LogP contribution in [0.2, 0.25) is 0 Å². The van der Waals surface area contributed by atoms with Crippen molar-refractivity contribution in [1.82, 2.24) is 15.5 Å². The SMILES string of the molecule is C[C@H]1C[C@@H](C(=O)NCC(c2ccco2)N(C)C)CCN1.Cl. The molecule has 5 nitrogen and oxygen atoms in total. The fourth-order valence-electron chi connectivity index (χ4n) is 2.73. The monoisotopic (exact) mass is 315 g/mol. The Hall–Kier alpha value is -1.04. The number of likely N-dealkylation sites (N-methyl/N-ethyl adjacent to an activating group) is 1. The summed E-state index contributed by atoms with van der Waals surface area (Å²) in [7, 11) is 3.98. The smallest absolute Gasteiger partial charge is 0.223 e. The predicted octanol–water partition coefficient (Wildman–Crippen LogP) is 1.81. The van der Waals surface area contributed by atoms with E-state index in [4.69, 9.17) is 4.42 Å². The molecule has 3 atom stereocenters. The van der Waals surface area contributed by atoms with Gasteiger partial charge in [0.1, 0.15) is 5.76 Å². The van der Waals surface area contributed by atoms with Crippen molar-refractivity contribution in [3.63, 3.8) is 0 Å². The van der Waals surface area contributed by atoms with Crippen LogP contribution in [0.5, 0.6) is 0 Å². The van der Waals surface area contributed by atoms with E-state index in [2.05, 4.69) is 22.5 Å². The molecule has 1 unspecified atom stereocenters. The maximum atomic E-state index is 12.3. The Morgan fingerprint density at radius 2 is 2.33 bits per heavy atom. The minimum absolute atomic E-state index is 0. The molecule has 6 heteroatoms. The van der Waals surface area contributed by atoms with Crippen molar-refractivity contribution >= 4 is 18.3 Å². The third kappa shape index (κ3) is 5.02. The second-order valence-corrected chi connectivity index (χ2v) is 5.82. The Balaban J connectivity index is 0.00000220. The lowest BCUT2D eigenvalue weighted by atomic mass is 9.92. The van der Waals surface area contributed by atoms with Crippen LogP contribution >= 0.6 is 12.4 Å². The highest BCUT2D eigenvalue weighted by Gasteiger charge is 2.26. The van der Waals surface area contributed by atoms with E-state index in [9.17, 15) is 4.79 Å². The van der Waals surface area contributed by atoms with E-state index in [1.807, 2.05) is 26.2 Å². The molecule has 0 aliphatic carbocycles. The number of piperidine rings is 1. The van der Waals surface area contributed by atoms with E-state index in [1.54, 1.807) is 6.26 Å². The van der Waals surface area contributed by atoms with Gasteiger partial charge in [0.2, 0.25) is 5.91 Å². The lowest BCUT2D eigenvalue weighted by Gasteiger charge is -2.28. The number of carbonyl (C=O) groups excluding carboxylic acids is 1. The summed E-state index contributed by atoms with van der Waals surface area (Å²) >= 11 is 0. The van der Waals surface area contributed by atoms with Crippen LogP contribution in [0.25, 0.3) is 0 Å². The Labute approximate surface area is 132 Å². The van der Waals surface area contributed by atoms with E-state index in [1.165, 1.54) is 0 Å². The fourth-order valence-corrected chi connectivity index (χ4v) is 2.73. The van der Waals surface area contributed by atoms with E-state index < -0.39 is 0 Å². The van der Waals surface area contributed by atoms with Gasteiger partial charge in [0.15, 0.2) is 0 Å². The Kier molecular flexibility index (Phi) is 7.22. The maximum absolute atomic E-state index is 12.3. The highest BCUT2D eigenvalue weighted by Crippen LogP contribution is 2.19. The zero-order valence-corrected chi connectivity index (χ0v) is 13.8. The molecule has 2 N–H and O–H groups in total. The van der Waals surface area contributed by atoms with Gasteiger partial charge in [0.05, 0.1) is 12.3 Å². The number of carbonyl (C=O) groups is 1. The summed E-state index contributed by atoms with van der Waals surface area (Å²) in [5.74, 6) is 1.18. The van der Waals surface area contributed by atoms with Gasteiger partial charge in [-0.25, -0.2) is 0 Å². The zero-order valence-electron chi connectivity index (χ0n) is 13.0. The molecule has 120 valence electrons. The van der Waals surface area contributed by atoms with Gasteiger partial charge in [0, 0.05) is 18.5 Å². The van der Waals surface area contributed by atoms with Crippen molar-refractivity contribution in [2.75, 3.05) is 27.2 Å². The van der Waals surface area contributed by atoms with Crippen LogP contribution in [0.4, 0.5) is 0 Å². The summed E-state index contributed by atoms with van der Waals surface area (Å²) in [6, 6.07) is 4.33. The van der Waals surface area contributed by atoms with Crippen molar-refractivity contribution < 1.29 is 9.21 Å². The maximum Gasteiger partial charge on any atom is 0.223 e. The minimum atomic E-state index is 0. The Morgan fingerprint density at radius 1 is 1.57 bits per heavy atom. The first-order chi connectivity index (χ1) is 9.58. The Bertz CT molecular complexity index is 423. The first-order valence-electron chi connectivity index (χ1n) is 7.29. The van der Waals surface area contributed by atoms with Gasteiger partial charge in [-0.1, -0.05) is 0 Å². The van der Waals surface area contributed by atoms with Gasteiger partial charge < -0.3 is 15.1 Å². The third-order valence-corrected chi connectivity index (χ3v) is 3.96. The largest absolute Gasteiger partial charge is 0.468 e. The van der Waals surface area contributed by atoms with Crippen LogP contribution in [0.15, 0.2) is 22.8 Å². The van der Waals surface area contributed by atoms with Gasteiger partial charge in [0.25, 0.3) is 0 Å². The quantitative estimate of drug-likeness (QED) is 0.870. The number of rotatable bonds is 5. The summed E-state index contributed by atoms with van der Waals surface area (Å²) in [5.41, 5.74) is 0. The second-order valence-electron chi connectivity index (χ2n) is 5.82. The fraction of sp³-hybridized carbons (Fsp3) is 0.667. The first kappa shape index (κ1) is 18.0. The standard InChI is InChI=1S/C15H25N3O2.ClH/c1-11-9-12(6-7-16-11)15(19)17-10-13(18(2)3)14-5-4-8-20-14;/h4-5,8,11-13,16H,6-7,9-10H2,1-3H3,(H,17,19);1H/t11-,12-,13?;/m0./s1. The van der Waals surface area contributed by atoms with Crippen molar-refractivity contribution in [3.05, 3.63) is 24.2 Å². The number of nitrogens with one attached hydrogen (secondary N) is 2. The van der Waals surface area contributed by atoms with Crippen LogP contribution in [-0.4, -0.2) is 44.0 Å². The number of hydrogen-bond donors (Lipinski definition) is 2. The number of amides is 1. The van der Waals surface area contributed by atoms with Crippen LogP contribution in [0, 0.1) is 5.92 Å². The molecule has 1 aromatic rings. The molecule has 1 aliphatic heterocycles. The van der Waals surface area contributed by atoms with Crippen LogP contribution in [0.1, 0.15) is 31.6 Å². The number of hydrogen-bond acceptors (Lipinski definition) is 4. The molecule has 1 amide bonds. The van der Waals surface area contributed by atoms with E-state index >= 15 is 0 Å². The normalized spacial score (nSPS) is 23.4. The van der Waals surface area contributed by atoms with Gasteiger partial charge in [-0.05, 0) is 52.5 Å². The van der Waals surface area contributed by atoms with E-state index in [-0.39, 0.29) is 30.3 Å². The predicted molar refractivity (Wildman–Crippen MR) is 85.6 cm³/mol. The van der Waals surface area contributed by atoms with E-state index in [0.717, 1.165) is 25.1 Å². The van der Waals surface area contributed by atoms with Gasteiger partial charge in [-0.15, -0.1) is 12.4 Å². The topological polar surface area (TPSA) is 57.5 Å². The molecule has 2 rings (SSSR count). The average Bonchev–Trinajstić information content (AvgIpc) is 2.92. The van der Waals surface area contributed by atoms with Crippen LogP contribution in [0.3, 0.4) is 0 Å². The third-order valence-electron chi connectivity index (χ3n) is 3.96. The Morgan fingerprint density at radius 3 is 2.90 bits per heavy atom. The molecule has 1 aliphatic rings. The lowest BCUT2D eigenvalue weighted by Crippen LogP contribution is -2.44. The molecule has 0 spiro atoms. The highest BCUT2D eigenvalue weighted by molar-refractivity contribution is 5.85. The van der Waals surface area contributed by atoms with Gasteiger partial charge >= 0.3 is 0 Å². The molecule has 0 bridgehead atoms. The highest BCUT2D eigenvalue weighted by atomic mass is 35.5. The molecule has 2 heterocycles. The number of furan rings is 1. The van der Waals surface area contributed by atoms with Crippen LogP contribution in [-0.2, 0) is 4.79 Å². The second kappa shape index (κ2) is 8.41. The summed E-state index contributed by atoms with van der Waals surface area (Å²) in [6.45, 7) is 3.64. The van der Waals surface area contributed by atoms with E-state index in [0.29, 0.717) is 12.6 Å². The number of halogens is 1. The summed E-state index contributed by atoms with van der Waals surface area (Å²) < 4.78 is 5.45. The molecule has 1 saturated heterocycles. The molecular weight excluding hydrogens is 290 g/mol. The first-order valence-corrected chi connectivity index (χ1v) is 7.29. The molecule has 1 fully saturated rings. The van der Waals surface area contributed by atoms with Gasteiger partial charge in [-0.2, -0.15) is 0 Å². The zero-order chi connectivity index (χ0) is 14.5. The van der Waals surface area contributed by atoms with Crippen molar-refractivity contribution in [3.8, 4) is 0 Å². The number of nitrogens with zero attached hydrogens (tertiary/aromatic N) is 1. The molecule has 0 aromatic carbocycles. The van der Waals surface area contributed by atoms with Crippen molar-refractivity contribution in [1.29, 1.82) is 0 Å².